The number of thiophene rings is 1. The Bertz CT molecular complexity index is 896. The minimum atomic E-state index is 0.459. The lowest BCUT2D eigenvalue weighted by molar-refractivity contribution is 0.433. The molecule has 6 nitrogen and oxygen atoms in total. The first-order valence-corrected chi connectivity index (χ1v) is 6.88. The molecule has 0 bridgehead atoms. The van der Waals surface area contributed by atoms with Gasteiger partial charge in [-0.25, -0.2) is 0 Å². The molecule has 20 heavy (non-hydrogen) atoms. The Labute approximate surface area is 121 Å². The highest BCUT2D eigenvalue weighted by Gasteiger charge is 2.13. The molecule has 0 N–H and O–H groups in total. The van der Waals surface area contributed by atoms with Gasteiger partial charge in [-0.05, 0) is 24.3 Å². The van der Waals surface area contributed by atoms with Crippen LogP contribution >= 0.6 is 22.9 Å². The number of rotatable bonds is 2. The Kier molecular flexibility index (Phi) is 2.54. The molecule has 0 aliphatic rings. The number of aromatic nitrogens is 5. The molecule has 0 aliphatic carbocycles. The Hall–Kier alpha value is -2.25. The van der Waals surface area contributed by atoms with E-state index in [-0.39, 0.29) is 0 Å². The van der Waals surface area contributed by atoms with E-state index < -0.39 is 0 Å². The number of pyridine rings is 1. The molecule has 0 radical (unpaired) electrons. The van der Waals surface area contributed by atoms with Gasteiger partial charge in [0.15, 0.2) is 5.65 Å². The van der Waals surface area contributed by atoms with E-state index in [0.717, 1.165) is 16.1 Å². The summed E-state index contributed by atoms with van der Waals surface area (Å²) in [6.45, 7) is 0. The third kappa shape index (κ3) is 1.87. The molecular weight excluding hydrogens is 298 g/mol. The summed E-state index contributed by atoms with van der Waals surface area (Å²) in [6, 6.07) is 7.38. The van der Waals surface area contributed by atoms with E-state index >= 15 is 0 Å². The van der Waals surface area contributed by atoms with E-state index in [1.165, 1.54) is 11.3 Å². The van der Waals surface area contributed by atoms with Crippen LogP contribution in [0, 0.1) is 0 Å². The van der Waals surface area contributed by atoms with Gasteiger partial charge in [0.1, 0.15) is 6.33 Å². The molecule has 0 saturated heterocycles. The van der Waals surface area contributed by atoms with Crippen molar-refractivity contribution in [2.45, 2.75) is 0 Å². The van der Waals surface area contributed by atoms with Gasteiger partial charge in [0, 0.05) is 11.8 Å². The van der Waals surface area contributed by atoms with Crippen molar-refractivity contribution in [1.29, 1.82) is 0 Å². The third-order valence-electron chi connectivity index (χ3n) is 2.76. The molecule has 4 aromatic heterocycles. The fourth-order valence-corrected chi connectivity index (χ4v) is 2.79. The fourth-order valence-electron chi connectivity index (χ4n) is 1.83. The van der Waals surface area contributed by atoms with E-state index in [0.29, 0.717) is 16.1 Å². The van der Waals surface area contributed by atoms with Crippen LogP contribution in [0.4, 0.5) is 0 Å². The molecule has 0 aromatic carbocycles. The highest BCUT2D eigenvalue weighted by Crippen LogP contribution is 2.31. The van der Waals surface area contributed by atoms with Crippen LogP contribution in [-0.2, 0) is 0 Å². The number of halogens is 1. The van der Waals surface area contributed by atoms with Crippen molar-refractivity contribution in [3.05, 3.63) is 41.1 Å². The van der Waals surface area contributed by atoms with E-state index in [2.05, 4.69) is 20.3 Å². The second-order valence-electron chi connectivity index (χ2n) is 4.04. The number of fused-ring (bicyclic) bond motifs is 1. The molecule has 0 fully saturated rings. The highest BCUT2D eigenvalue weighted by atomic mass is 35.5. The smallest absolute Gasteiger partial charge is 0.268 e. The first-order chi connectivity index (χ1) is 9.79. The van der Waals surface area contributed by atoms with Crippen molar-refractivity contribution in [3.63, 3.8) is 0 Å². The summed E-state index contributed by atoms with van der Waals surface area (Å²) in [4.78, 5) is 5.22. The molecule has 0 amide bonds. The summed E-state index contributed by atoms with van der Waals surface area (Å²) in [7, 11) is 0. The van der Waals surface area contributed by atoms with Gasteiger partial charge < -0.3 is 4.52 Å². The maximum atomic E-state index is 5.90. The quantitative estimate of drug-likeness (QED) is 0.569. The number of hydrogen-bond donors (Lipinski definition) is 0. The average molecular weight is 304 g/mol. The maximum Gasteiger partial charge on any atom is 0.268 e. The standard InChI is InChI=1S/C12H6ClN5OS/c13-9-3-2-8(20-9)12-15-11(17-19-12)7-1-4-10-16-14-6-18(10)5-7/h1-6H. The fraction of sp³-hybridized carbons (Fsp3) is 0. The van der Waals surface area contributed by atoms with Crippen LogP contribution in [-0.4, -0.2) is 24.7 Å². The monoisotopic (exact) mass is 303 g/mol. The second-order valence-corrected chi connectivity index (χ2v) is 5.76. The van der Waals surface area contributed by atoms with Crippen molar-refractivity contribution in [2.75, 3.05) is 0 Å². The first kappa shape index (κ1) is 11.6. The predicted molar refractivity (Wildman–Crippen MR) is 74.6 cm³/mol. The van der Waals surface area contributed by atoms with Crippen LogP contribution in [0.25, 0.3) is 27.8 Å². The summed E-state index contributed by atoms with van der Waals surface area (Å²) < 4.78 is 7.75. The average Bonchev–Trinajstić information content (AvgIpc) is 3.17. The van der Waals surface area contributed by atoms with Gasteiger partial charge in [0.25, 0.3) is 5.89 Å². The van der Waals surface area contributed by atoms with Crippen LogP contribution in [0.1, 0.15) is 0 Å². The van der Waals surface area contributed by atoms with Gasteiger partial charge >= 0.3 is 0 Å². The van der Waals surface area contributed by atoms with Crippen molar-refractivity contribution < 1.29 is 4.52 Å². The summed E-state index contributed by atoms with van der Waals surface area (Å²) >= 11 is 7.30. The van der Waals surface area contributed by atoms with Crippen LogP contribution in [0.3, 0.4) is 0 Å². The third-order valence-corrected chi connectivity index (χ3v) is 3.98. The van der Waals surface area contributed by atoms with E-state index in [1.54, 1.807) is 16.8 Å². The lowest BCUT2D eigenvalue weighted by Crippen LogP contribution is -1.87. The Morgan fingerprint density at radius 1 is 1.20 bits per heavy atom. The SMILES string of the molecule is Clc1ccc(-c2nc(-c3ccc4nncn4c3)no2)s1. The van der Waals surface area contributed by atoms with Crippen molar-refractivity contribution in [1.82, 2.24) is 24.7 Å². The molecular formula is C12H6ClN5OS. The largest absolute Gasteiger partial charge is 0.333 e. The lowest BCUT2D eigenvalue weighted by atomic mass is 10.3. The minimum absolute atomic E-state index is 0.459. The zero-order chi connectivity index (χ0) is 13.5. The summed E-state index contributed by atoms with van der Waals surface area (Å²) in [5.41, 5.74) is 1.59. The van der Waals surface area contributed by atoms with Crippen LogP contribution < -0.4 is 0 Å². The van der Waals surface area contributed by atoms with Gasteiger partial charge in [-0.1, -0.05) is 16.8 Å². The second kappa shape index (κ2) is 4.39. The van der Waals surface area contributed by atoms with E-state index in [1.807, 2.05) is 24.4 Å². The molecule has 98 valence electrons. The molecule has 0 atom stereocenters. The van der Waals surface area contributed by atoms with Crippen LogP contribution in [0.5, 0.6) is 0 Å². The molecule has 0 spiro atoms. The topological polar surface area (TPSA) is 69.1 Å². The molecule has 4 heterocycles. The van der Waals surface area contributed by atoms with Crippen molar-refractivity contribution in [2.24, 2.45) is 0 Å². The Morgan fingerprint density at radius 2 is 2.15 bits per heavy atom. The lowest BCUT2D eigenvalue weighted by Gasteiger charge is -1.95. The van der Waals surface area contributed by atoms with Crippen LogP contribution in [0.15, 0.2) is 41.3 Å². The minimum Gasteiger partial charge on any atom is -0.333 e. The molecule has 4 rings (SSSR count). The molecule has 4 aromatic rings. The highest BCUT2D eigenvalue weighted by molar-refractivity contribution is 7.19. The van der Waals surface area contributed by atoms with Gasteiger partial charge in [-0.3, -0.25) is 4.40 Å². The zero-order valence-electron chi connectivity index (χ0n) is 9.89. The van der Waals surface area contributed by atoms with Crippen LogP contribution in [0.2, 0.25) is 4.34 Å². The summed E-state index contributed by atoms with van der Waals surface area (Å²) in [6.07, 6.45) is 3.48. The molecule has 0 aliphatic heterocycles. The Balaban J connectivity index is 1.77. The molecule has 0 unspecified atom stereocenters. The zero-order valence-corrected chi connectivity index (χ0v) is 11.5. The summed E-state index contributed by atoms with van der Waals surface area (Å²) in [5.74, 6) is 0.973. The molecule has 0 saturated carbocycles. The number of hydrogen-bond acceptors (Lipinski definition) is 6. The number of nitrogens with zero attached hydrogens (tertiary/aromatic N) is 5. The maximum absolute atomic E-state index is 5.90. The van der Waals surface area contributed by atoms with Crippen molar-refractivity contribution >= 4 is 28.6 Å². The van der Waals surface area contributed by atoms with Gasteiger partial charge in [0.05, 0.1) is 9.21 Å². The van der Waals surface area contributed by atoms with Gasteiger partial charge in [-0.2, -0.15) is 4.98 Å². The first-order valence-electron chi connectivity index (χ1n) is 5.69. The Morgan fingerprint density at radius 3 is 3.00 bits per heavy atom. The van der Waals surface area contributed by atoms with Gasteiger partial charge in [-0.15, -0.1) is 21.5 Å². The molecule has 8 heteroatoms. The predicted octanol–water partition coefficient (Wildman–Crippen LogP) is 3.16. The van der Waals surface area contributed by atoms with Gasteiger partial charge in [0.2, 0.25) is 5.82 Å². The van der Waals surface area contributed by atoms with E-state index in [9.17, 15) is 0 Å². The van der Waals surface area contributed by atoms with E-state index in [4.69, 9.17) is 16.1 Å². The normalized spacial score (nSPS) is 11.2. The summed E-state index contributed by atoms with van der Waals surface area (Å²) in [5, 5.41) is 11.8. The van der Waals surface area contributed by atoms with Crippen molar-refractivity contribution in [3.8, 4) is 22.2 Å².